The largest absolute Gasteiger partial charge is 0.368 e. The predicted octanol–water partition coefficient (Wildman–Crippen LogP) is 2.28. The molecule has 1 amide bonds. The fourth-order valence-electron chi connectivity index (χ4n) is 2.55. The Morgan fingerprint density at radius 1 is 1.29 bits per heavy atom. The number of nitrogen functional groups attached to an aromatic ring is 1. The van der Waals surface area contributed by atoms with Gasteiger partial charge in [0, 0.05) is 42.6 Å². The molecule has 2 N–H and O–H groups in total. The second-order valence-corrected chi connectivity index (χ2v) is 5.49. The number of fused-ring (bicyclic) bond motifs is 1. The topological polar surface area (TPSA) is 72.1 Å². The van der Waals surface area contributed by atoms with Crippen molar-refractivity contribution in [2.75, 3.05) is 12.3 Å². The average Bonchev–Trinajstić information content (AvgIpc) is 2.46. The standard InChI is InChI=1S/C15H15ClN4O/c1-9(21)20-7-6-13-12(8-20)14(19-15(17)18-13)10-2-4-11(16)5-3-10/h2-5H,6-8H2,1H3,(H2,17,18,19). The first kappa shape index (κ1) is 13.8. The van der Waals surface area contributed by atoms with E-state index in [2.05, 4.69) is 9.97 Å². The molecule has 1 aromatic carbocycles. The van der Waals surface area contributed by atoms with E-state index in [-0.39, 0.29) is 11.9 Å². The maximum atomic E-state index is 11.6. The van der Waals surface area contributed by atoms with Crippen molar-refractivity contribution < 1.29 is 4.79 Å². The molecule has 5 nitrogen and oxygen atoms in total. The highest BCUT2D eigenvalue weighted by Gasteiger charge is 2.23. The summed E-state index contributed by atoms with van der Waals surface area (Å²) >= 11 is 5.93. The van der Waals surface area contributed by atoms with Crippen molar-refractivity contribution >= 4 is 23.5 Å². The Hall–Kier alpha value is -2.14. The van der Waals surface area contributed by atoms with Crippen LogP contribution in [0.4, 0.5) is 5.95 Å². The minimum atomic E-state index is 0.0551. The van der Waals surface area contributed by atoms with Crippen LogP contribution >= 0.6 is 11.6 Å². The van der Waals surface area contributed by atoms with Crippen LogP contribution in [0.2, 0.25) is 5.02 Å². The van der Waals surface area contributed by atoms with Gasteiger partial charge in [-0.25, -0.2) is 9.97 Å². The lowest BCUT2D eigenvalue weighted by Gasteiger charge is -2.28. The number of halogens is 1. The minimum absolute atomic E-state index is 0.0551. The molecule has 6 heteroatoms. The third-order valence-corrected chi connectivity index (χ3v) is 3.89. The summed E-state index contributed by atoms with van der Waals surface area (Å²) in [6.07, 6.45) is 0.697. The molecule has 3 rings (SSSR count). The van der Waals surface area contributed by atoms with Crippen LogP contribution in [0.1, 0.15) is 18.2 Å². The number of rotatable bonds is 1. The maximum Gasteiger partial charge on any atom is 0.220 e. The van der Waals surface area contributed by atoms with E-state index in [9.17, 15) is 4.79 Å². The summed E-state index contributed by atoms with van der Waals surface area (Å²) < 4.78 is 0. The van der Waals surface area contributed by atoms with E-state index in [4.69, 9.17) is 17.3 Å². The van der Waals surface area contributed by atoms with Gasteiger partial charge in [-0.15, -0.1) is 0 Å². The van der Waals surface area contributed by atoms with Gasteiger partial charge in [0.05, 0.1) is 11.4 Å². The van der Waals surface area contributed by atoms with Gasteiger partial charge in [0.2, 0.25) is 11.9 Å². The number of carbonyl (C=O) groups excluding carboxylic acids is 1. The van der Waals surface area contributed by atoms with Gasteiger partial charge in [0.1, 0.15) is 0 Å². The molecule has 0 bridgehead atoms. The van der Waals surface area contributed by atoms with Crippen molar-refractivity contribution in [3.8, 4) is 11.3 Å². The minimum Gasteiger partial charge on any atom is -0.368 e. The summed E-state index contributed by atoms with van der Waals surface area (Å²) in [5.41, 5.74) is 9.41. The van der Waals surface area contributed by atoms with Crippen LogP contribution < -0.4 is 5.73 Å². The molecule has 0 fully saturated rings. The molecule has 0 spiro atoms. The third kappa shape index (κ3) is 2.69. The van der Waals surface area contributed by atoms with Crippen LogP contribution in [0, 0.1) is 0 Å². The second-order valence-electron chi connectivity index (χ2n) is 5.05. The van der Waals surface area contributed by atoms with Crippen molar-refractivity contribution in [3.63, 3.8) is 0 Å². The van der Waals surface area contributed by atoms with E-state index in [0.29, 0.717) is 24.5 Å². The quantitative estimate of drug-likeness (QED) is 0.877. The van der Waals surface area contributed by atoms with Crippen molar-refractivity contribution in [2.45, 2.75) is 19.9 Å². The Kier molecular flexibility index (Phi) is 3.51. The predicted molar refractivity (Wildman–Crippen MR) is 81.7 cm³/mol. The number of nitrogens with zero attached hydrogens (tertiary/aromatic N) is 3. The molecule has 0 saturated heterocycles. The SMILES string of the molecule is CC(=O)N1CCc2nc(N)nc(-c3ccc(Cl)cc3)c2C1. The second kappa shape index (κ2) is 5.33. The molecular weight excluding hydrogens is 288 g/mol. The number of benzene rings is 1. The number of hydrogen-bond acceptors (Lipinski definition) is 4. The zero-order valence-corrected chi connectivity index (χ0v) is 12.4. The first-order valence-electron chi connectivity index (χ1n) is 6.71. The Bertz CT molecular complexity index is 700. The molecule has 2 heterocycles. The van der Waals surface area contributed by atoms with Gasteiger partial charge in [0.15, 0.2) is 0 Å². The van der Waals surface area contributed by atoms with Crippen LogP contribution in [0.15, 0.2) is 24.3 Å². The number of aromatic nitrogens is 2. The smallest absolute Gasteiger partial charge is 0.220 e. The lowest BCUT2D eigenvalue weighted by Crippen LogP contribution is -2.35. The van der Waals surface area contributed by atoms with Crippen molar-refractivity contribution in [1.29, 1.82) is 0 Å². The monoisotopic (exact) mass is 302 g/mol. The van der Waals surface area contributed by atoms with Crippen molar-refractivity contribution in [3.05, 3.63) is 40.5 Å². The summed E-state index contributed by atoms with van der Waals surface area (Å²) in [5.74, 6) is 0.314. The van der Waals surface area contributed by atoms with Gasteiger partial charge in [-0.2, -0.15) is 0 Å². The van der Waals surface area contributed by atoms with Crippen molar-refractivity contribution in [1.82, 2.24) is 14.9 Å². The zero-order chi connectivity index (χ0) is 15.0. The fraction of sp³-hybridized carbons (Fsp3) is 0.267. The van der Waals surface area contributed by atoms with Crippen LogP contribution in [0.25, 0.3) is 11.3 Å². The van der Waals surface area contributed by atoms with Crippen molar-refractivity contribution in [2.24, 2.45) is 0 Å². The van der Waals surface area contributed by atoms with Crippen LogP contribution in [0.3, 0.4) is 0 Å². The molecule has 1 aromatic heterocycles. The number of hydrogen-bond donors (Lipinski definition) is 1. The molecule has 2 aromatic rings. The van der Waals surface area contributed by atoms with E-state index in [0.717, 1.165) is 22.5 Å². The van der Waals surface area contributed by atoms with Gasteiger partial charge >= 0.3 is 0 Å². The molecule has 108 valence electrons. The molecule has 21 heavy (non-hydrogen) atoms. The molecule has 0 unspecified atom stereocenters. The Morgan fingerprint density at radius 2 is 2.00 bits per heavy atom. The number of nitrogens with two attached hydrogens (primary N) is 1. The molecule has 0 radical (unpaired) electrons. The summed E-state index contributed by atoms with van der Waals surface area (Å²) in [6, 6.07) is 7.43. The van der Waals surface area contributed by atoms with Crippen LogP contribution in [-0.2, 0) is 17.8 Å². The third-order valence-electron chi connectivity index (χ3n) is 3.64. The van der Waals surface area contributed by atoms with Gasteiger partial charge in [-0.05, 0) is 12.1 Å². The van der Waals surface area contributed by atoms with Gasteiger partial charge in [0.25, 0.3) is 0 Å². The molecule has 0 saturated carbocycles. The van der Waals surface area contributed by atoms with Gasteiger partial charge < -0.3 is 10.6 Å². The number of anilines is 1. The lowest BCUT2D eigenvalue weighted by molar-refractivity contribution is -0.129. The Labute approximate surface area is 127 Å². The normalized spacial score (nSPS) is 13.9. The summed E-state index contributed by atoms with van der Waals surface area (Å²) in [7, 11) is 0. The molecule has 0 atom stereocenters. The lowest BCUT2D eigenvalue weighted by atomic mass is 9.99. The highest BCUT2D eigenvalue weighted by atomic mass is 35.5. The van der Waals surface area contributed by atoms with E-state index in [1.807, 2.05) is 24.3 Å². The van der Waals surface area contributed by atoms with Gasteiger partial charge in [-0.3, -0.25) is 4.79 Å². The summed E-state index contributed by atoms with van der Waals surface area (Å²) in [4.78, 5) is 22.1. The van der Waals surface area contributed by atoms with Crippen LogP contribution in [0.5, 0.6) is 0 Å². The van der Waals surface area contributed by atoms with E-state index in [1.165, 1.54) is 0 Å². The fourth-order valence-corrected chi connectivity index (χ4v) is 2.67. The molecule has 0 aliphatic carbocycles. The first-order valence-corrected chi connectivity index (χ1v) is 7.09. The first-order chi connectivity index (χ1) is 10.0. The van der Waals surface area contributed by atoms with Crippen LogP contribution in [-0.4, -0.2) is 27.3 Å². The average molecular weight is 303 g/mol. The molecular formula is C15H15ClN4O. The molecule has 1 aliphatic rings. The summed E-state index contributed by atoms with van der Waals surface area (Å²) in [5, 5.41) is 0.667. The zero-order valence-electron chi connectivity index (χ0n) is 11.6. The summed E-state index contributed by atoms with van der Waals surface area (Å²) in [6.45, 7) is 2.76. The van der Waals surface area contributed by atoms with E-state index >= 15 is 0 Å². The molecule has 1 aliphatic heterocycles. The Balaban J connectivity index is 2.10. The number of amides is 1. The van der Waals surface area contributed by atoms with Gasteiger partial charge in [-0.1, -0.05) is 23.7 Å². The number of carbonyl (C=O) groups is 1. The van der Waals surface area contributed by atoms with E-state index < -0.39 is 0 Å². The highest BCUT2D eigenvalue weighted by Crippen LogP contribution is 2.29. The van der Waals surface area contributed by atoms with E-state index in [1.54, 1.807) is 11.8 Å². The maximum absolute atomic E-state index is 11.6. The highest BCUT2D eigenvalue weighted by molar-refractivity contribution is 6.30. The Morgan fingerprint density at radius 3 is 2.67 bits per heavy atom.